The van der Waals surface area contributed by atoms with Gasteiger partial charge in [0.05, 0.1) is 22.5 Å². The highest BCUT2D eigenvalue weighted by Crippen LogP contribution is 2.35. The number of nitrogens with zero attached hydrogens (tertiary/aromatic N) is 3. The van der Waals surface area contributed by atoms with Crippen LogP contribution in [0, 0.1) is 11.3 Å². The molecule has 3 nitrogen and oxygen atoms in total. The van der Waals surface area contributed by atoms with Gasteiger partial charge in [-0.15, -0.1) is 0 Å². The molecule has 0 amide bonds. The van der Waals surface area contributed by atoms with Crippen molar-refractivity contribution in [2.75, 3.05) is 0 Å². The Hall–Kier alpha value is -1.82. The number of fused-ring (bicyclic) bond motifs is 1. The summed E-state index contributed by atoms with van der Waals surface area (Å²) in [5.41, 5.74) is 2.81. The number of rotatable bonds is 2. The van der Waals surface area contributed by atoms with Crippen LogP contribution in [0.5, 0.6) is 0 Å². The van der Waals surface area contributed by atoms with Crippen molar-refractivity contribution in [3.8, 4) is 6.07 Å². The smallest absolute Gasteiger partial charge is 0.112 e. The zero-order valence-corrected chi connectivity index (χ0v) is 12.5. The van der Waals surface area contributed by atoms with E-state index in [9.17, 15) is 5.26 Å². The second-order valence-electron chi connectivity index (χ2n) is 6.45. The van der Waals surface area contributed by atoms with E-state index in [1.807, 2.05) is 19.9 Å². The third-order valence-electron chi connectivity index (χ3n) is 4.64. The average Bonchev–Trinajstić information content (AvgIpc) is 3.07. The number of benzene rings is 1. The fraction of sp³-hybridized carbons (Fsp3) is 0.529. The number of hydrogen-bond donors (Lipinski definition) is 0. The number of nitriles is 1. The van der Waals surface area contributed by atoms with E-state index in [4.69, 9.17) is 4.98 Å². The number of hydrogen-bond acceptors (Lipinski definition) is 2. The van der Waals surface area contributed by atoms with Crippen LogP contribution in [-0.4, -0.2) is 9.55 Å². The summed E-state index contributed by atoms with van der Waals surface area (Å²) in [6, 6.07) is 8.60. The molecule has 1 aromatic carbocycles. The molecule has 3 rings (SSSR count). The zero-order valence-electron chi connectivity index (χ0n) is 12.5. The summed E-state index contributed by atoms with van der Waals surface area (Å²) in [5.74, 6) is 1.82. The van der Waals surface area contributed by atoms with E-state index in [1.165, 1.54) is 31.5 Å². The van der Waals surface area contributed by atoms with Gasteiger partial charge in [-0.05, 0) is 44.4 Å². The van der Waals surface area contributed by atoms with Gasteiger partial charge < -0.3 is 4.57 Å². The average molecular weight is 267 g/mol. The first-order valence-corrected chi connectivity index (χ1v) is 7.41. The molecule has 20 heavy (non-hydrogen) atoms. The van der Waals surface area contributed by atoms with Gasteiger partial charge >= 0.3 is 0 Å². The molecule has 0 spiro atoms. The lowest BCUT2D eigenvalue weighted by molar-refractivity contribution is 0.638. The summed E-state index contributed by atoms with van der Waals surface area (Å²) in [6.45, 7) is 3.92. The van der Waals surface area contributed by atoms with Gasteiger partial charge in [-0.1, -0.05) is 18.9 Å². The highest BCUT2D eigenvalue weighted by molar-refractivity contribution is 5.77. The molecular weight excluding hydrogens is 246 g/mol. The van der Waals surface area contributed by atoms with Crippen LogP contribution in [0.25, 0.3) is 11.0 Å². The van der Waals surface area contributed by atoms with Crippen molar-refractivity contribution in [2.24, 2.45) is 7.05 Å². The Kier molecular flexibility index (Phi) is 3.05. The minimum Gasteiger partial charge on any atom is -0.331 e. The summed E-state index contributed by atoms with van der Waals surface area (Å²) >= 11 is 0. The van der Waals surface area contributed by atoms with Crippen molar-refractivity contribution in [1.29, 1.82) is 5.26 Å². The van der Waals surface area contributed by atoms with Crippen LogP contribution in [-0.2, 0) is 12.5 Å². The van der Waals surface area contributed by atoms with E-state index in [2.05, 4.69) is 29.8 Å². The number of aromatic nitrogens is 2. The van der Waals surface area contributed by atoms with Crippen LogP contribution >= 0.6 is 0 Å². The largest absolute Gasteiger partial charge is 0.331 e. The van der Waals surface area contributed by atoms with Gasteiger partial charge in [0, 0.05) is 13.0 Å². The molecule has 0 radical (unpaired) electrons. The van der Waals surface area contributed by atoms with Crippen molar-refractivity contribution >= 4 is 11.0 Å². The summed E-state index contributed by atoms with van der Waals surface area (Å²) < 4.78 is 2.22. The van der Waals surface area contributed by atoms with Crippen LogP contribution in [0.4, 0.5) is 0 Å². The predicted molar refractivity (Wildman–Crippen MR) is 80.6 cm³/mol. The van der Waals surface area contributed by atoms with Crippen molar-refractivity contribution in [1.82, 2.24) is 9.55 Å². The third kappa shape index (κ3) is 2.00. The molecule has 1 aliphatic rings. The highest BCUT2D eigenvalue weighted by atomic mass is 15.1. The Morgan fingerprint density at radius 1 is 1.30 bits per heavy atom. The summed E-state index contributed by atoms with van der Waals surface area (Å²) in [4.78, 5) is 4.82. The molecule has 0 bridgehead atoms. The van der Waals surface area contributed by atoms with Gasteiger partial charge in [0.25, 0.3) is 0 Å². The predicted octanol–water partition coefficient (Wildman–Crippen LogP) is 4.03. The molecule has 1 fully saturated rings. The van der Waals surface area contributed by atoms with Crippen LogP contribution in [0.3, 0.4) is 0 Å². The van der Waals surface area contributed by atoms with Crippen LogP contribution < -0.4 is 0 Å². The number of imidazole rings is 1. The van der Waals surface area contributed by atoms with Crippen molar-refractivity contribution in [2.45, 2.75) is 50.9 Å². The van der Waals surface area contributed by atoms with Gasteiger partial charge in [0.1, 0.15) is 5.82 Å². The third-order valence-corrected chi connectivity index (χ3v) is 4.64. The molecule has 0 unspecified atom stereocenters. The first-order valence-electron chi connectivity index (χ1n) is 7.41. The van der Waals surface area contributed by atoms with Crippen molar-refractivity contribution in [3.05, 3.63) is 29.6 Å². The fourth-order valence-electron chi connectivity index (χ4n) is 3.21. The maximum absolute atomic E-state index is 9.29. The monoisotopic (exact) mass is 267 g/mol. The topological polar surface area (TPSA) is 41.6 Å². The molecule has 0 saturated heterocycles. The molecule has 1 heterocycles. The molecule has 2 aromatic rings. The van der Waals surface area contributed by atoms with Gasteiger partial charge in [-0.25, -0.2) is 4.98 Å². The quantitative estimate of drug-likeness (QED) is 0.824. The lowest BCUT2D eigenvalue weighted by atomic mass is 9.86. The normalized spacial score (nSPS) is 16.7. The molecule has 0 atom stereocenters. The van der Waals surface area contributed by atoms with Crippen LogP contribution in [0.1, 0.15) is 56.8 Å². The summed E-state index contributed by atoms with van der Waals surface area (Å²) in [7, 11) is 2.10. The standard InChI is InChI=1S/C17H21N3/c1-17(2,11-18)13-8-9-14-15(10-13)20(3)16(19-14)12-6-4-5-7-12/h8-10,12H,4-7H2,1-3H3. The van der Waals surface area contributed by atoms with Gasteiger partial charge in [0.15, 0.2) is 0 Å². The number of aryl methyl sites for hydroxylation is 1. The Morgan fingerprint density at radius 2 is 2.00 bits per heavy atom. The summed E-state index contributed by atoms with van der Waals surface area (Å²) in [6.07, 6.45) is 5.16. The Labute approximate surface area is 120 Å². The van der Waals surface area contributed by atoms with Crippen LogP contribution in [0.2, 0.25) is 0 Å². The maximum Gasteiger partial charge on any atom is 0.112 e. The van der Waals surface area contributed by atoms with E-state index >= 15 is 0 Å². The molecule has 1 aliphatic carbocycles. The van der Waals surface area contributed by atoms with Crippen molar-refractivity contribution < 1.29 is 0 Å². The van der Waals surface area contributed by atoms with Gasteiger partial charge in [0.2, 0.25) is 0 Å². The molecule has 3 heteroatoms. The molecule has 1 aromatic heterocycles. The van der Waals surface area contributed by atoms with E-state index in [0.29, 0.717) is 5.92 Å². The zero-order chi connectivity index (χ0) is 14.3. The Bertz CT molecular complexity index is 682. The second-order valence-corrected chi connectivity index (χ2v) is 6.45. The molecule has 104 valence electrons. The molecule has 1 saturated carbocycles. The molecule has 0 aliphatic heterocycles. The van der Waals surface area contributed by atoms with Crippen molar-refractivity contribution in [3.63, 3.8) is 0 Å². The summed E-state index contributed by atoms with van der Waals surface area (Å²) in [5, 5.41) is 9.29. The van der Waals surface area contributed by atoms with Gasteiger partial charge in [-0.2, -0.15) is 5.26 Å². The van der Waals surface area contributed by atoms with E-state index < -0.39 is 5.41 Å². The van der Waals surface area contributed by atoms with Crippen LogP contribution in [0.15, 0.2) is 18.2 Å². The first kappa shape index (κ1) is 13.2. The lowest BCUT2D eigenvalue weighted by Gasteiger charge is -2.15. The SMILES string of the molecule is Cn1c(C2CCCC2)nc2ccc(C(C)(C)C#N)cc21. The molecule has 0 N–H and O–H groups in total. The van der Waals surface area contributed by atoms with E-state index in [0.717, 1.165) is 16.6 Å². The Morgan fingerprint density at radius 3 is 2.65 bits per heavy atom. The minimum atomic E-state index is -0.452. The maximum atomic E-state index is 9.29. The van der Waals surface area contributed by atoms with Gasteiger partial charge in [-0.3, -0.25) is 0 Å². The second kappa shape index (κ2) is 4.63. The van der Waals surface area contributed by atoms with E-state index in [-0.39, 0.29) is 0 Å². The minimum absolute atomic E-state index is 0.452. The lowest BCUT2D eigenvalue weighted by Crippen LogP contribution is -2.13. The van der Waals surface area contributed by atoms with E-state index in [1.54, 1.807) is 0 Å². The Balaban J connectivity index is 2.11. The first-order chi connectivity index (χ1) is 9.53. The molecular formula is C17H21N3. The fourth-order valence-corrected chi connectivity index (χ4v) is 3.21. The highest BCUT2D eigenvalue weighted by Gasteiger charge is 2.24.